The third-order valence-electron chi connectivity index (χ3n) is 3.58. The van der Waals surface area contributed by atoms with Crippen LogP contribution in [-0.2, 0) is 22.8 Å². The van der Waals surface area contributed by atoms with E-state index < -0.39 is 80.4 Å². The quantitative estimate of drug-likeness (QED) is 0.0492. The molecule has 0 saturated heterocycles. The van der Waals surface area contributed by atoms with Crippen molar-refractivity contribution in [1.29, 1.82) is 0 Å². The molecule has 10 N–H and O–H groups in total. The Kier molecular flexibility index (Phi) is 12.3. The smallest absolute Gasteiger partial charge is 0.379 e. The highest BCUT2D eigenvalue weighted by Crippen LogP contribution is 2.48. The maximum Gasteiger partial charge on any atom is 0.379 e. The molecule has 32 heavy (non-hydrogen) atoms. The minimum atomic E-state index is -5.25. The molecule has 0 aromatic rings. The van der Waals surface area contributed by atoms with Crippen LogP contribution in [-0.4, -0.2) is 111 Å². The summed E-state index contributed by atoms with van der Waals surface area (Å²) in [7, 11) is -24.7. The Labute approximate surface area is 182 Å². The van der Waals surface area contributed by atoms with E-state index in [1.807, 2.05) is 0 Å². The zero-order valence-electron chi connectivity index (χ0n) is 16.5. The van der Waals surface area contributed by atoms with Gasteiger partial charge in [0.15, 0.2) is 20.2 Å². The highest BCUT2D eigenvalue weighted by molar-refractivity contribution is 7.53. The van der Waals surface area contributed by atoms with Gasteiger partial charge in [0, 0.05) is 19.6 Å². The fraction of sp³-hybridized carbons (Fsp3) is 1.00. The van der Waals surface area contributed by atoms with E-state index in [1.165, 1.54) is 0 Å². The third-order valence-corrected chi connectivity index (χ3v) is 8.01. The van der Waals surface area contributed by atoms with Crippen molar-refractivity contribution in [3.05, 3.63) is 0 Å². The predicted molar refractivity (Wildman–Crippen MR) is 107 cm³/mol. The van der Waals surface area contributed by atoms with Crippen LogP contribution in [0.2, 0.25) is 0 Å². The first-order valence-electron chi connectivity index (χ1n) is 8.40. The zero-order valence-corrected chi connectivity index (χ0v) is 20.9. The maximum atomic E-state index is 11.4. The molecule has 23 heteroatoms. The molecule has 0 aliphatic carbocycles. The monoisotopic (exact) mass is 573 g/mol. The van der Waals surface area contributed by atoms with Crippen molar-refractivity contribution in [2.24, 2.45) is 0 Å². The first kappa shape index (κ1) is 32.6. The van der Waals surface area contributed by atoms with E-state index in [1.54, 1.807) is 0 Å². The lowest BCUT2D eigenvalue weighted by Crippen LogP contribution is -2.53. The molecular formula is C9H28N3O15P5. The van der Waals surface area contributed by atoms with Gasteiger partial charge in [-0.25, -0.2) is 0 Å². The molecule has 194 valence electrons. The van der Waals surface area contributed by atoms with Gasteiger partial charge < -0.3 is 58.8 Å². The average Bonchev–Trinajstić information content (AvgIpc) is 2.36. The molecule has 0 radical (unpaired) electrons. The topological polar surface area (TPSA) is 306 Å². The Morgan fingerprint density at radius 1 is 0.656 bits per heavy atom. The first-order chi connectivity index (χ1) is 13.9. The van der Waals surface area contributed by atoms with Crippen LogP contribution in [0.25, 0.3) is 0 Å². The maximum absolute atomic E-state index is 11.4. The van der Waals surface area contributed by atoms with Crippen LogP contribution in [0, 0.1) is 0 Å². The van der Waals surface area contributed by atoms with E-state index in [-0.39, 0.29) is 19.6 Å². The normalized spacial score (nSPS) is 16.3. The third kappa shape index (κ3) is 19.0. The van der Waals surface area contributed by atoms with E-state index >= 15 is 0 Å². The van der Waals surface area contributed by atoms with Gasteiger partial charge in [-0.3, -0.25) is 27.6 Å². The van der Waals surface area contributed by atoms with Crippen LogP contribution in [0.5, 0.6) is 0 Å². The highest BCUT2D eigenvalue weighted by Gasteiger charge is 2.42. The Bertz CT molecular complexity index is 754. The summed E-state index contributed by atoms with van der Waals surface area (Å²) >= 11 is 0. The molecule has 0 amide bonds. The molecule has 1 unspecified atom stereocenters. The molecule has 0 saturated carbocycles. The van der Waals surface area contributed by atoms with E-state index in [4.69, 9.17) is 24.5 Å². The second-order valence-corrected chi connectivity index (χ2v) is 15.2. The molecule has 18 nitrogen and oxygen atoms in total. The molecular weight excluding hydrogens is 545 g/mol. The van der Waals surface area contributed by atoms with E-state index in [9.17, 15) is 47.3 Å². The number of rotatable bonds is 16. The Balaban J connectivity index is 5.32. The van der Waals surface area contributed by atoms with Crippen molar-refractivity contribution in [2.45, 2.75) is 0 Å². The van der Waals surface area contributed by atoms with Crippen LogP contribution >= 0.6 is 38.0 Å². The summed E-state index contributed by atoms with van der Waals surface area (Å²) in [5, 5.41) is 2.56. The second kappa shape index (κ2) is 12.0. The standard InChI is InChI=1S/C9H28N3O15P5/c13-28(14,15)5-11(6-29(16,17)18)3-1-10-2-4-12(7-30(19,20)21,8-31(22,23)24)9-32(25,26)27/h10H,1-9H2,(H9-,13,14,15,16,17,18,19,20,21,22,23,24,25,26,27). The Morgan fingerprint density at radius 3 is 1.38 bits per heavy atom. The van der Waals surface area contributed by atoms with E-state index in [2.05, 4.69) is 5.32 Å². The first-order valence-corrected chi connectivity index (χ1v) is 17.4. The molecule has 1 atom stereocenters. The average molecular weight is 573 g/mol. The van der Waals surface area contributed by atoms with E-state index in [0.29, 0.717) is 0 Å². The molecule has 0 aliphatic rings. The number of nitrogens with one attached hydrogen (secondary N) is 1. The van der Waals surface area contributed by atoms with Crippen LogP contribution < -0.4 is 10.2 Å². The lowest BCUT2D eigenvalue weighted by molar-refractivity contribution is -0.897. The molecule has 0 aromatic carbocycles. The highest BCUT2D eigenvalue weighted by atomic mass is 31.2. The minimum absolute atomic E-state index is 0.208. The fourth-order valence-electron chi connectivity index (χ4n) is 2.89. The summed E-state index contributed by atoms with van der Waals surface area (Å²) < 4.78 is 55.0. The van der Waals surface area contributed by atoms with Gasteiger partial charge in [0.1, 0.15) is 18.9 Å². The molecule has 0 aliphatic heterocycles. The molecule has 0 heterocycles. The number of hydrogen-bond donors (Lipinski definition) is 10. The summed E-state index contributed by atoms with van der Waals surface area (Å²) in [5.41, 5.74) is 0. The van der Waals surface area contributed by atoms with Crippen molar-refractivity contribution in [3.63, 3.8) is 0 Å². The number of hydrogen-bond acceptors (Lipinski definition) is 8. The van der Waals surface area contributed by atoms with Crippen molar-refractivity contribution < 1.29 is 76.2 Å². The Hall–Kier alpha value is 0.630. The fourth-order valence-corrected chi connectivity index (χ4v) is 8.39. The van der Waals surface area contributed by atoms with E-state index in [0.717, 1.165) is 4.90 Å². The van der Waals surface area contributed by atoms with Crippen molar-refractivity contribution in [1.82, 2.24) is 10.2 Å². The summed E-state index contributed by atoms with van der Waals surface area (Å²) in [6.45, 7) is -1.49. The van der Waals surface area contributed by atoms with Gasteiger partial charge in [-0.05, 0) is 0 Å². The largest absolute Gasteiger partial charge is 0.775 e. The van der Waals surface area contributed by atoms with Gasteiger partial charge in [-0.15, -0.1) is 0 Å². The lowest BCUT2D eigenvalue weighted by atomic mass is 10.4. The second-order valence-electron chi connectivity index (χ2n) is 7.21. The van der Waals surface area contributed by atoms with Gasteiger partial charge in [0.05, 0.1) is 6.54 Å². The molecule has 0 fully saturated rings. The SMILES string of the molecule is O=P([O-])(O)C[N+](CCNCCN(CP(=O)(O)O)CP(=O)(O)O)(CP(=O)(O)O)CP(=O)(O)O. The minimum Gasteiger partial charge on any atom is -0.775 e. The lowest BCUT2D eigenvalue weighted by Gasteiger charge is -2.40. The zero-order chi connectivity index (χ0) is 25.6. The summed E-state index contributed by atoms with van der Waals surface area (Å²) in [6.07, 6.45) is -6.02. The van der Waals surface area contributed by atoms with Gasteiger partial charge in [-0.1, -0.05) is 0 Å². The van der Waals surface area contributed by atoms with Gasteiger partial charge in [-0.2, -0.15) is 0 Å². The molecule has 0 aromatic heterocycles. The van der Waals surface area contributed by atoms with Crippen LogP contribution in [0.15, 0.2) is 0 Å². The number of nitrogens with zero attached hydrogens (tertiary/aromatic N) is 2. The molecule has 0 rings (SSSR count). The summed E-state index contributed by atoms with van der Waals surface area (Å²) in [4.78, 5) is 94.1. The van der Waals surface area contributed by atoms with Gasteiger partial charge in [0.2, 0.25) is 0 Å². The van der Waals surface area contributed by atoms with Crippen LogP contribution in [0.1, 0.15) is 0 Å². The molecule has 0 spiro atoms. The summed E-state index contributed by atoms with van der Waals surface area (Å²) in [6, 6.07) is 0. The van der Waals surface area contributed by atoms with Crippen molar-refractivity contribution in [3.8, 4) is 0 Å². The van der Waals surface area contributed by atoms with Crippen LogP contribution in [0.3, 0.4) is 0 Å². The van der Waals surface area contributed by atoms with Crippen LogP contribution in [0.4, 0.5) is 0 Å². The van der Waals surface area contributed by atoms with Crippen molar-refractivity contribution in [2.75, 3.05) is 57.6 Å². The Morgan fingerprint density at radius 2 is 1.06 bits per heavy atom. The summed E-state index contributed by atoms with van der Waals surface area (Å²) in [5.74, 6) is 0. The van der Waals surface area contributed by atoms with Gasteiger partial charge >= 0.3 is 30.4 Å². The number of quaternary nitrogens is 1. The van der Waals surface area contributed by atoms with Gasteiger partial charge in [0.25, 0.3) is 0 Å². The predicted octanol–water partition coefficient (Wildman–Crippen LogP) is -3.26. The van der Waals surface area contributed by atoms with Crippen molar-refractivity contribution >= 4 is 38.0 Å². The molecule has 0 bridgehead atoms.